The minimum absolute atomic E-state index is 0.475. The number of carbonyl (C=O) groups excluding carboxylic acids is 1. The van der Waals surface area contributed by atoms with E-state index in [2.05, 4.69) is 0 Å². The Kier molecular flexibility index (Phi) is 0.758. The van der Waals surface area contributed by atoms with Crippen LogP contribution in [0.2, 0.25) is 0 Å². The topological polar surface area (TPSA) is 17.1 Å². The van der Waals surface area contributed by atoms with Crippen molar-refractivity contribution in [1.82, 2.24) is 0 Å². The molecule has 0 amide bonds. The fourth-order valence-corrected chi connectivity index (χ4v) is 1.46. The van der Waals surface area contributed by atoms with Gasteiger partial charge in [-0.25, -0.2) is 0 Å². The van der Waals surface area contributed by atoms with E-state index in [1.165, 1.54) is 19.3 Å². The average Bonchev–Trinajstić information content (AvgIpc) is 2.62. The van der Waals surface area contributed by atoms with E-state index in [1.54, 1.807) is 0 Å². The molecule has 44 valence electrons. The fraction of sp³-hybridized carbons (Fsp3) is 0.857. The molecule has 2 fully saturated rings. The molecule has 2 aliphatic rings. The van der Waals surface area contributed by atoms with Crippen molar-refractivity contribution >= 4 is 6.29 Å². The maximum atomic E-state index is 10.1. The molecule has 0 aromatic carbocycles. The Morgan fingerprint density at radius 1 is 1.38 bits per heavy atom. The van der Waals surface area contributed by atoms with Crippen LogP contribution in [0.3, 0.4) is 0 Å². The highest BCUT2D eigenvalue weighted by Crippen LogP contribution is 2.53. The normalized spacial score (nSPS) is 44.0. The highest BCUT2D eigenvalue weighted by Gasteiger charge is 2.46. The highest BCUT2D eigenvalue weighted by molar-refractivity contribution is 5.58. The summed E-state index contributed by atoms with van der Waals surface area (Å²) in [5.41, 5.74) is 0. The minimum atomic E-state index is 0.475. The second-order valence-corrected chi connectivity index (χ2v) is 3.04. The van der Waals surface area contributed by atoms with Gasteiger partial charge in [0.25, 0.3) is 0 Å². The van der Waals surface area contributed by atoms with E-state index in [4.69, 9.17) is 0 Å². The lowest BCUT2D eigenvalue weighted by atomic mass is 10.2. The van der Waals surface area contributed by atoms with E-state index in [9.17, 15) is 4.79 Å². The first-order chi connectivity index (χ1) is 3.92. The molecule has 0 spiro atoms. The van der Waals surface area contributed by atoms with Crippen molar-refractivity contribution in [2.75, 3.05) is 0 Å². The van der Waals surface area contributed by atoms with Crippen LogP contribution < -0.4 is 0 Å². The predicted octanol–water partition coefficient (Wildman–Crippen LogP) is 1.23. The van der Waals surface area contributed by atoms with Crippen molar-refractivity contribution in [3.8, 4) is 0 Å². The van der Waals surface area contributed by atoms with Crippen molar-refractivity contribution in [1.29, 1.82) is 0 Å². The summed E-state index contributed by atoms with van der Waals surface area (Å²) >= 11 is 0. The van der Waals surface area contributed by atoms with Gasteiger partial charge in [-0.2, -0.15) is 0 Å². The van der Waals surface area contributed by atoms with Crippen LogP contribution in [0.25, 0.3) is 0 Å². The van der Waals surface area contributed by atoms with Gasteiger partial charge in [0.1, 0.15) is 6.29 Å². The van der Waals surface area contributed by atoms with E-state index in [-0.39, 0.29) is 0 Å². The molecular weight excluding hydrogens is 100 g/mol. The summed E-state index contributed by atoms with van der Waals surface area (Å²) in [6, 6.07) is 0. The Hall–Kier alpha value is -0.330. The van der Waals surface area contributed by atoms with Crippen LogP contribution in [-0.4, -0.2) is 6.29 Å². The molecule has 2 aliphatic carbocycles. The quantitative estimate of drug-likeness (QED) is 0.489. The Morgan fingerprint density at radius 3 is 2.50 bits per heavy atom. The molecule has 0 saturated heterocycles. The zero-order chi connectivity index (χ0) is 5.56. The van der Waals surface area contributed by atoms with Gasteiger partial charge in [0.05, 0.1) is 0 Å². The third kappa shape index (κ3) is 0.575. The van der Waals surface area contributed by atoms with E-state index >= 15 is 0 Å². The first-order valence-corrected chi connectivity index (χ1v) is 3.37. The number of rotatable bonds is 2. The SMILES string of the molecule is O=CC1CC1C1CC1. The molecule has 0 bridgehead atoms. The van der Waals surface area contributed by atoms with Gasteiger partial charge in [0.15, 0.2) is 0 Å². The van der Waals surface area contributed by atoms with Crippen LogP contribution in [-0.2, 0) is 4.79 Å². The first-order valence-electron chi connectivity index (χ1n) is 3.37. The fourth-order valence-electron chi connectivity index (χ4n) is 1.46. The smallest absolute Gasteiger partial charge is 0.123 e. The van der Waals surface area contributed by atoms with Crippen molar-refractivity contribution in [2.24, 2.45) is 17.8 Å². The zero-order valence-corrected chi connectivity index (χ0v) is 4.84. The van der Waals surface area contributed by atoms with E-state index in [1.807, 2.05) is 0 Å². The molecule has 0 N–H and O–H groups in total. The Morgan fingerprint density at radius 2 is 2.12 bits per heavy atom. The van der Waals surface area contributed by atoms with Crippen molar-refractivity contribution in [3.05, 3.63) is 0 Å². The predicted molar refractivity (Wildman–Crippen MR) is 30.4 cm³/mol. The number of hydrogen-bond donors (Lipinski definition) is 0. The van der Waals surface area contributed by atoms with Gasteiger partial charge in [0.2, 0.25) is 0 Å². The molecule has 0 heterocycles. The molecular formula is C7H10O. The van der Waals surface area contributed by atoms with E-state index in [0.29, 0.717) is 5.92 Å². The van der Waals surface area contributed by atoms with Crippen LogP contribution in [0, 0.1) is 17.8 Å². The van der Waals surface area contributed by atoms with Gasteiger partial charge in [0, 0.05) is 5.92 Å². The highest BCUT2D eigenvalue weighted by atomic mass is 16.1. The third-order valence-corrected chi connectivity index (χ3v) is 2.29. The summed E-state index contributed by atoms with van der Waals surface area (Å²) in [7, 11) is 0. The van der Waals surface area contributed by atoms with Gasteiger partial charge in [-0.15, -0.1) is 0 Å². The lowest BCUT2D eigenvalue weighted by Gasteiger charge is -1.82. The van der Waals surface area contributed by atoms with Crippen LogP contribution in [0.4, 0.5) is 0 Å². The molecule has 2 saturated carbocycles. The maximum Gasteiger partial charge on any atom is 0.123 e. The Bertz CT molecular complexity index is 116. The van der Waals surface area contributed by atoms with Gasteiger partial charge in [-0.1, -0.05) is 0 Å². The summed E-state index contributed by atoms with van der Waals surface area (Å²) in [5, 5.41) is 0. The third-order valence-electron chi connectivity index (χ3n) is 2.29. The molecule has 0 aliphatic heterocycles. The summed E-state index contributed by atoms with van der Waals surface area (Å²) in [5.74, 6) is 2.26. The summed E-state index contributed by atoms with van der Waals surface area (Å²) in [6.07, 6.45) is 5.13. The standard InChI is InChI=1S/C7H10O/c8-4-6-3-7(6)5-1-2-5/h4-7H,1-3H2. The molecule has 1 nitrogen and oxygen atoms in total. The molecule has 2 unspecified atom stereocenters. The second kappa shape index (κ2) is 1.34. The Labute approximate surface area is 49.1 Å². The molecule has 0 aromatic rings. The number of hydrogen-bond acceptors (Lipinski definition) is 1. The Balaban J connectivity index is 1.86. The molecule has 2 rings (SSSR count). The number of carbonyl (C=O) groups is 1. The van der Waals surface area contributed by atoms with Crippen molar-refractivity contribution in [3.63, 3.8) is 0 Å². The lowest BCUT2D eigenvalue weighted by Crippen LogP contribution is -1.83. The van der Waals surface area contributed by atoms with Crippen molar-refractivity contribution < 1.29 is 4.79 Å². The lowest BCUT2D eigenvalue weighted by molar-refractivity contribution is -0.109. The first kappa shape index (κ1) is 4.54. The van der Waals surface area contributed by atoms with Crippen LogP contribution in [0.1, 0.15) is 19.3 Å². The molecule has 8 heavy (non-hydrogen) atoms. The zero-order valence-electron chi connectivity index (χ0n) is 4.84. The summed E-state index contributed by atoms with van der Waals surface area (Å²) in [4.78, 5) is 10.1. The van der Waals surface area contributed by atoms with E-state index < -0.39 is 0 Å². The van der Waals surface area contributed by atoms with Crippen LogP contribution >= 0.6 is 0 Å². The van der Waals surface area contributed by atoms with Crippen molar-refractivity contribution in [2.45, 2.75) is 19.3 Å². The molecule has 2 atom stereocenters. The molecule has 0 radical (unpaired) electrons. The van der Waals surface area contributed by atoms with Gasteiger partial charge < -0.3 is 4.79 Å². The number of aldehydes is 1. The molecule has 1 heteroatoms. The maximum absolute atomic E-state index is 10.1. The van der Waals surface area contributed by atoms with Gasteiger partial charge in [-0.05, 0) is 31.1 Å². The summed E-state index contributed by atoms with van der Waals surface area (Å²) in [6.45, 7) is 0. The van der Waals surface area contributed by atoms with Crippen LogP contribution in [0.5, 0.6) is 0 Å². The van der Waals surface area contributed by atoms with E-state index in [0.717, 1.165) is 18.1 Å². The van der Waals surface area contributed by atoms with Gasteiger partial charge >= 0.3 is 0 Å². The minimum Gasteiger partial charge on any atom is -0.303 e. The molecule has 0 aromatic heterocycles. The van der Waals surface area contributed by atoms with Crippen LogP contribution in [0.15, 0.2) is 0 Å². The second-order valence-electron chi connectivity index (χ2n) is 3.04. The largest absolute Gasteiger partial charge is 0.303 e. The summed E-state index contributed by atoms with van der Waals surface area (Å²) < 4.78 is 0. The van der Waals surface area contributed by atoms with Gasteiger partial charge in [-0.3, -0.25) is 0 Å². The monoisotopic (exact) mass is 110 g/mol. The average molecular weight is 110 g/mol.